The predicted octanol–water partition coefficient (Wildman–Crippen LogP) is 7.68. The highest BCUT2D eigenvalue weighted by Gasteiger charge is 2.10. The Kier molecular flexibility index (Phi) is 14.9. The highest BCUT2D eigenvalue weighted by Crippen LogP contribution is 2.25. The van der Waals surface area contributed by atoms with Gasteiger partial charge in [0.15, 0.2) is 0 Å². The summed E-state index contributed by atoms with van der Waals surface area (Å²) in [6.45, 7) is 11.2. The molecule has 20 heavy (non-hydrogen) atoms. The van der Waals surface area contributed by atoms with Crippen molar-refractivity contribution in [3.63, 3.8) is 0 Å². The monoisotopic (exact) mass is 280 g/mol. The molecule has 0 radical (unpaired) electrons. The minimum atomic E-state index is 0.922. The van der Waals surface area contributed by atoms with Crippen LogP contribution in [0.5, 0.6) is 0 Å². The smallest absolute Gasteiger partial charge is 0.0294 e. The lowest BCUT2D eigenvalue weighted by atomic mass is 9.88. The van der Waals surface area contributed by atoms with E-state index in [-0.39, 0.29) is 0 Å². The molecule has 0 aliphatic carbocycles. The summed E-state index contributed by atoms with van der Waals surface area (Å²) in [6.07, 6.45) is 19.4. The molecule has 1 atom stereocenters. The maximum Gasteiger partial charge on any atom is -0.0294 e. The van der Waals surface area contributed by atoms with E-state index in [4.69, 9.17) is 0 Å². The van der Waals surface area contributed by atoms with E-state index in [0.29, 0.717) is 0 Å². The molecule has 0 spiro atoms. The van der Waals surface area contributed by atoms with Gasteiger partial charge in [0, 0.05) is 0 Å². The Hall–Kier alpha value is -0.260. The van der Waals surface area contributed by atoms with Gasteiger partial charge in [-0.25, -0.2) is 0 Å². The van der Waals surface area contributed by atoms with Crippen LogP contribution in [0.3, 0.4) is 0 Å². The molecule has 0 fully saturated rings. The molecule has 0 amide bonds. The molecule has 0 nitrogen and oxygen atoms in total. The minimum Gasteiger partial charge on any atom is -0.0999 e. The molecule has 0 N–H and O–H groups in total. The first-order chi connectivity index (χ1) is 9.74. The van der Waals surface area contributed by atoms with Crippen molar-refractivity contribution < 1.29 is 0 Å². The molecule has 0 heteroatoms. The number of unbranched alkanes of at least 4 members (excludes halogenated alkanes) is 7. The molecule has 0 aromatic rings. The lowest BCUT2D eigenvalue weighted by molar-refractivity contribution is 0.403. The Bertz CT molecular complexity index is 204. The van der Waals surface area contributed by atoms with Gasteiger partial charge in [-0.3, -0.25) is 0 Å². The van der Waals surface area contributed by atoms with Crippen molar-refractivity contribution in [1.29, 1.82) is 0 Å². The van der Waals surface area contributed by atoms with Crippen molar-refractivity contribution in [2.75, 3.05) is 0 Å². The van der Waals surface area contributed by atoms with E-state index in [2.05, 4.69) is 27.4 Å². The van der Waals surface area contributed by atoms with E-state index in [9.17, 15) is 0 Å². The summed E-state index contributed by atoms with van der Waals surface area (Å²) in [5, 5.41) is 0. The fourth-order valence-electron chi connectivity index (χ4n) is 2.99. The zero-order valence-electron chi connectivity index (χ0n) is 14.7. The molecule has 0 saturated carbocycles. The van der Waals surface area contributed by atoms with E-state index in [1.807, 2.05) is 0 Å². The number of rotatable bonds is 15. The van der Waals surface area contributed by atoms with Crippen molar-refractivity contribution in [2.24, 2.45) is 5.92 Å². The van der Waals surface area contributed by atoms with Crippen molar-refractivity contribution in [1.82, 2.24) is 0 Å². The number of hydrogen-bond donors (Lipinski definition) is 0. The molecule has 0 saturated heterocycles. The van der Waals surface area contributed by atoms with Gasteiger partial charge in [-0.15, -0.1) is 0 Å². The summed E-state index contributed by atoms with van der Waals surface area (Å²) in [5.41, 5.74) is 1.51. The number of hydrogen-bond acceptors (Lipinski definition) is 0. The Labute approximate surface area is 129 Å². The van der Waals surface area contributed by atoms with Crippen LogP contribution in [0.4, 0.5) is 0 Å². The molecule has 1 unspecified atom stereocenters. The van der Waals surface area contributed by atoms with Crippen LogP contribution in [0.15, 0.2) is 12.2 Å². The van der Waals surface area contributed by atoms with Crippen LogP contribution >= 0.6 is 0 Å². The van der Waals surface area contributed by atoms with Gasteiger partial charge in [-0.05, 0) is 25.2 Å². The molecule has 0 rings (SSSR count). The highest BCUT2D eigenvalue weighted by molar-refractivity contribution is 4.95. The molecule has 120 valence electrons. The summed E-state index contributed by atoms with van der Waals surface area (Å²) in [5.74, 6) is 0.922. The standard InChI is InChI=1S/C20H40/c1-5-8-11-12-13-14-17-20(16-10-7-3)18-19(4)15-9-6-2/h20H,4-18H2,1-3H3. The quantitative estimate of drug-likeness (QED) is 0.213. The van der Waals surface area contributed by atoms with Gasteiger partial charge in [0.1, 0.15) is 0 Å². The maximum absolute atomic E-state index is 4.31. The SMILES string of the molecule is C=C(CCCC)CC(CCCC)CCCCCCCC. The molecular weight excluding hydrogens is 240 g/mol. The fourth-order valence-corrected chi connectivity index (χ4v) is 2.99. The van der Waals surface area contributed by atoms with E-state index >= 15 is 0 Å². The second-order valence-electron chi connectivity index (χ2n) is 6.62. The molecule has 0 aliphatic rings. The van der Waals surface area contributed by atoms with Crippen LogP contribution < -0.4 is 0 Å². The predicted molar refractivity (Wildman–Crippen MR) is 94.3 cm³/mol. The first-order valence-electron chi connectivity index (χ1n) is 9.41. The Balaban J connectivity index is 3.80. The summed E-state index contributed by atoms with van der Waals surface area (Å²) >= 11 is 0. The van der Waals surface area contributed by atoms with Crippen molar-refractivity contribution in [2.45, 2.75) is 111 Å². The summed E-state index contributed by atoms with van der Waals surface area (Å²) in [7, 11) is 0. The molecular formula is C20H40. The van der Waals surface area contributed by atoms with E-state index < -0.39 is 0 Å². The lowest BCUT2D eigenvalue weighted by Crippen LogP contribution is -2.02. The summed E-state index contributed by atoms with van der Waals surface area (Å²) in [4.78, 5) is 0. The topological polar surface area (TPSA) is 0 Å². The van der Waals surface area contributed by atoms with Gasteiger partial charge >= 0.3 is 0 Å². The average Bonchev–Trinajstić information content (AvgIpc) is 2.45. The first kappa shape index (κ1) is 19.7. The molecule has 0 bridgehead atoms. The van der Waals surface area contributed by atoms with E-state index in [1.54, 1.807) is 0 Å². The summed E-state index contributed by atoms with van der Waals surface area (Å²) in [6, 6.07) is 0. The third-order valence-corrected chi connectivity index (χ3v) is 4.39. The van der Waals surface area contributed by atoms with Crippen LogP contribution in [-0.2, 0) is 0 Å². The van der Waals surface area contributed by atoms with Crippen LogP contribution in [-0.4, -0.2) is 0 Å². The van der Waals surface area contributed by atoms with Gasteiger partial charge in [-0.1, -0.05) is 104 Å². The summed E-state index contributed by atoms with van der Waals surface area (Å²) < 4.78 is 0. The third-order valence-electron chi connectivity index (χ3n) is 4.39. The Morgan fingerprint density at radius 3 is 1.90 bits per heavy atom. The fraction of sp³-hybridized carbons (Fsp3) is 0.900. The van der Waals surface area contributed by atoms with Gasteiger partial charge in [0.05, 0.1) is 0 Å². The van der Waals surface area contributed by atoms with Gasteiger partial charge in [0.2, 0.25) is 0 Å². The zero-order valence-corrected chi connectivity index (χ0v) is 14.7. The minimum absolute atomic E-state index is 0.922. The van der Waals surface area contributed by atoms with Gasteiger partial charge in [0.25, 0.3) is 0 Å². The second-order valence-corrected chi connectivity index (χ2v) is 6.62. The largest absolute Gasteiger partial charge is 0.0999 e. The first-order valence-corrected chi connectivity index (χ1v) is 9.41. The van der Waals surface area contributed by atoms with Crippen LogP contribution in [0, 0.1) is 5.92 Å². The van der Waals surface area contributed by atoms with E-state index in [0.717, 1.165) is 5.92 Å². The third kappa shape index (κ3) is 12.8. The van der Waals surface area contributed by atoms with Gasteiger partial charge < -0.3 is 0 Å². The van der Waals surface area contributed by atoms with E-state index in [1.165, 1.54) is 95.5 Å². The van der Waals surface area contributed by atoms with Crippen molar-refractivity contribution in [3.05, 3.63) is 12.2 Å². The Morgan fingerprint density at radius 2 is 1.25 bits per heavy atom. The molecule has 0 aromatic carbocycles. The molecule has 0 aliphatic heterocycles. The van der Waals surface area contributed by atoms with Crippen LogP contribution in [0.25, 0.3) is 0 Å². The molecule has 0 heterocycles. The van der Waals surface area contributed by atoms with Crippen LogP contribution in [0.1, 0.15) is 111 Å². The number of allylic oxidation sites excluding steroid dienone is 1. The van der Waals surface area contributed by atoms with Crippen molar-refractivity contribution in [3.8, 4) is 0 Å². The Morgan fingerprint density at radius 1 is 0.700 bits per heavy atom. The lowest BCUT2D eigenvalue weighted by Gasteiger charge is -2.18. The average molecular weight is 281 g/mol. The highest BCUT2D eigenvalue weighted by atomic mass is 14.2. The molecule has 0 aromatic heterocycles. The zero-order chi connectivity index (χ0) is 15.1. The maximum atomic E-state index is 4.31. The van der Waals surface area contributed by atoms with Crippen LogP contribution in [0.2, 0.25) is 0 Å². The van der Waals surface area contributed by atoms with Crippen molar-refractivity contribution >= 4 is 0 Å². The normalized spacial score (nSPS) is 12.6. The second kappa shape index (κ2) is 15.1. The van der Waals surface area contributed by atoms with Gasteiger partial charge in [-0.2, -0.15) is 0 Å².